The van der Waals surface area contributed by atoms with Gasteiger partial charge in [0.05, 0.1) is 24.1 Å². The molecule has 1 N–H and O–H groups in total. The minimum Gasteiger partial charge on any atom is -0.372 e. The van der Waals surface area contributed by atoms with Crippen molar-refractivity contribution in [1.29, 1.82) is 0 Å². The number of rotatable bonds is 5. The van der Waals surface area contributed by atoms with E-state index in [2.05, 4.69) is 25.5 Å². The fourth-order valence-electron chi connectivity index (χ4n) is 3.41. The zero-order valence-electron chi connectivity index (χ0n) is 16.2. The zero-order chi connectivity index (χ0) is 19.7. The molecule has 10 heteroatoms. The molecule has 1 saturated heterocycles. The van der Waals surface area contributed by atoms with Crippen molar-refractivity contribution in [1.82, 2.24) is 34.3 Å². The van der Waals surface area contributed by atoms with E-state index in [1.165, 1.54) is 6.33 Å². The molecule has 3 aromatic rings. The normalized spacial score (nSPS) is 19.9. The van der Waals surface area contributed by atoms with Crippen LogP contribution in [0.25, 0.3) is 5.78 Å². The molecule has 28 heavy (non-hydrogen) atoms. The molecule has 1 aliphatic heterocycles. The molecule has 1 amide bonds. The Balaban J connectivity index is 1.46. The van der Waals surface area contributed by atoms with Crippen molar-refractivity contribution < 1.29 is 9.53 Å². The van der Waals surface area contributed by atoms with Gasteiger partial charge in [0.25, 0.3) is 5.78 Å². The highest BCUT2D eigenvalue weighted by Gasteiger charge is 2.26. The Hall–Kier alpha value is -3.01. The van der Waals surface area contributed by atoms with Crippen LogP contribution in [0.1, 0.15) is 26.5 Å². The van der Waals surface area contributed by atoms with Gasteiger partial charge in [-0.1, -0.05) is 6.92 Å². The van der Waals surface area contributed by atoms with Gasteiger partial charge in [-0.3, -0.25) is 9.48 Å². The zero-order valence-corrected chi connectivity index (χ0v) is 16.2. The lowest BCUT2D eigenvalue weighted by molar-refractivity contribution is -0.144. The Kier molecular flexibility index (Phi) is 4.95. The minimum atomic E-state index is 0.0347. The molecule has 4 rings (SSSR count). The fourth-order valence-corrected chi connectivity index (χ4v) is 3.41. The number of carbonyl (C=O) groups excluding carboxylic acids is 1. The van der Waals surface area contributed by atoms with Gasteiger partial charge in [-0.2, -0.15) is 19.7 Å². The predicted molar refractivity (Wildman–Crippen MR) is 102 cm³/mol. The first-order valence-corrected chi connectivity index (χ1v) is 9.44. The molecule has 2 atom stereocenters. The summed E-state index contributed by atoms with van der Waals surface area (Å²) in [5.41, 5.74) is 1.68. The summed E-state index contributed by atoms with van der Waals surface area (Å²) in [6, 6.07) is 1.93. The van der Waals surface area contributed by atoms with E-state index in [9.17, 15) is 4.79 Å². The molecule has 0 bridgehead atoms. The standard InChI is InChI=1S/C18H24N8O2/c1-4-14-5-16(26-18(23-14)19-11-21-26)22-15-6-20-25(9-15)10-17(27)24-7-12(2)28-13(3)8-24/h5-6,9,11-13,22H,4,7-8,10H2,1-3H3. The number of nitrogens with one attached hydrogen (secondary N) is 1. The quantitative estimate of drug-likeness (QED) is 0.706. The number of fused-ring (bicyclic) bond motifs is 1. The molecule has 1 fully saturated rings. The molecular weight excluding hydrogens is 360 g/mol. The van der Waals surface area contributed by atoms with Crippen LogP contribution >= 0.6 is 0 Å². The van der Waals surface area contributed by atoms with Crippen LogP contribution in [-0.2, 0) is 22.5 Å². The third-order valence-electron chi connectivity index (χ3n) is 4.64. The topological polar surface area (TPSA) is 102 Å². The number of hydrogen-bond donors (Lipinski definition) is 1. The van der Waals surface area contributed by atoms with Crippen LogP contribution in [0, 0.1) is 0 Å². The van der Waals surface area contributed by atoms with Crippen LogP contribution < -0.4 is 5.32 Å². The number of morpholine rings is 1. The van der Waals surface area contributed by atoms with E-state index < -0.39 is 0 Å². The van der Waals surface area contributed by atoms with Crippen molar-refractivity contribution >= 4 is 23.2 Å². The van der Waals surface area contributed by atoms with Crippen molar-refractivity contribution in [2.75, 3.05) is 18.4 Å². The summed E-state index contributed by atoms with van der Waals surface area (Å²) in [5.74, 6) is 1.33. The minimum absolute atomic E-state index is 0.0347. The van der Waals surface area contributed by atoms with Crippen molar-refractivity contribution in [2.45, 2.75) is 45.9 Å². The summed E-state index contributed by atoms with van der Waals surface area (Å²) >= 11 is 0. The van der Waals surface area contributed by atoms with Crippen LogP contribution in [0.3, 0.4) is 0 Å². The van der Waals surface area contributed by atoms with Gasteiger partial charge in [-0.05, 0) is 20.3 Å². The van der Waals surface area contributed by atoms with Crippen LogP contribution in [0.2, 0.25) is 0 Å². The van der Waals surface area contributed by atoms with E-state index in [1.807, 2.05) is 31.7 Å². The summed E-state index contributed by atoms with van der Waals surface area (Å²) in [7, 11) is 0. The average Bonchev–Trinajstić information content (AvgIpc) is 3.30. The van der Waals surface area contributed by atoms with Gasteiger partial charge in [0.15, 0.2) is 0 Å². The smallest absolute Gasteiger partial charge is 0.254 e. The molecule has 148 valence electrons. The molecule has 0 aromatic carbocycles. The Labute approximate surface area is 162 Å². The number of nitrogens with zero attached hydrogens (tertiary/aromatic N) is 7. The van der Waals surface area contributed by atoms with Gasteiger partial charge in [-0.15, -0.1) is 0 Å². The van der Waals surface area contributed by atoms with Gasteiger partial charge >= 0.3 is 0 Å². The van der Waals surface area contributed by atoms with Gasteiger partial charge in [0, 0.05) is 31.0 Å². The third-order valence-corrected chi connectivity index (χ3v) is 4.64. The van der Waals surface area contributed by atoms with Crippen molar-refractivity contribution in [3.8, 4) is 0 Å². The molecule has 0 radical (unpaired) electrons. The molecule has 3 aromatic heterocycles. The van der Waals surface area contributed by atoms with Crippen molar-refractivity contribution in [3.63, 3.8) is 0 Å². The largest absolute Gasteiger partial charge is 0.372 e. The van der Waals surface area contributed by atoms with Crippen molar-refractivity contribution in [2.24, 2.45) is 0 Å². The maximum atomic E-state index is 12.6. The first-order valence-electron chi connectivity index (χ1n) is 9.44. The SMILES string of the molecule is CCc1cc(Nc2cnn(CC(=O)N3CC(C)OC(C)C3)c2)n2ncnc2n1. The second-order valence-electron chi connectivity index (χ2n) is 7.07. The molecule has 2 unspecified atom stereocenters. The lowest BCUT2D eigenvalue weighted by Crippen LogP contribution is -2.49. The van der Waals surface area contributed by atoms with Crippen LogP contribution in [0.4, 0.5) is 11.5 Å². The maximum absolute atomic E-state index is 12.6. The number of aromatic nitrogens is 6. The molecule has 0 saturated carbocycles. The van der Waals surface area contributed by atoms with Gasteiger partial charge in [-0.25, -0.2) is 4.98 Å². The van der Waals surface area contributed by atoms with Crippen LogP contribution in [0.15, 0.2) is 24.8 Å². The van der Waals surface area contributed by atoms with E-state index in [0.29, 0.717) is 18.9 Å². The molecular formula is C18H24N8O2. The number of anilines is 2. The average molecular weight is 384 g/mol. The highest BCUT2D eigenvalue weighted by molar-refractivity contribution is 5.76. The Morgan fingerprint density at radius 1 is 1.29 bits per heavy atom. The van der Waals surface area contributed by atoms with E-state index in [1.54, 1.807) is 21.6 Å². The van der Waals surface area contributed by atoms with E-state index in [4.69, 9.17) is 4.74 Å². The van der Waals surface area contributed by atoms with Gasteiger partial charge in [0.2, 0.25) is 5.91 Å². The first-order chi connectivity index (χ1) is 13.5. The number of ether oxygens (including phenoxy) is 1. The first kappa shape index (κ1) is 18.4. The summed E-state index contributed by atoms with van der Waals surface area (Å²) in [6.45, 7) is 7.41. The summed E-state index contributed by atoms with van der Waals surface area (Å²) in [4.78, 5) is 23.0. The van der Waals surface area contributed by atoms with Crippen LogP contribution in [0.5, 0.6) is 0 Å². The predicted octanol–water partition coefficient (Wildman–Crippen LogP) is 1.26. The fraction of sp³-hybridized carbons (Fsp3) is 0.500. The van der Waals surface area contributed by atoms with E-state index >= 15 is 0 Å². The molecule has 0 spiro atoms. The molecule has 1 aliphatic rings. The van der Waals surface area contributed by atoms with E-state index in [-0.39, 0.29) is 24.7 Å². The monoisotopic (exact) mass is 384 g/mol. The lowest BCUT2D eigenvalue weighted by Gasteiger charge is -2.35. The van der Waals surface area contributed by atoms with Crippen LogP contribution in [-0.4, -0.2) is 65.5 Å². The van der Waals surface area contributed by atoms with Gasteiger partial charge < -0.3 is 15.0 Å². The number of aryl methyl sites for hydroxylation is 1. The Bertz CT molecular complexity index is 971. The maximum Gasteiger partial charge on any atom is 0.254 e. The lowest BCUT2D eigenvalue weighted by atomic mass is 10.2. The number of amides is 1. The molecule has 0 aliphatic carbocycles. The highest BCUT2D eigenvalue weighted by Crippen LogP contribution is 2.18. The second-order valence-corrected chi connectivity index (χ2v) is 7.07. The molecule has 10 nitrogen and oxygen atoms in total. The highest BCUT2D eigenvalue weighted by atomic mass is 16.5. The van der Waals surface area contributed by atoms with Gasteiger partial charge in [0.1, 0.15) is 18.7 Å². The summed E-state index contributed by atoms with van der Waals surface area (Å²) < 4.78 is 8.96. The third kappa shape index (κ3) is 3.81. The Morgan fingerprint density at radius 2 is 2.07 bits per heavy atom. The summed E-state index contributed by atoms with van der Waals surface area (Å²) in [5, 5.41) is 11.8. The van der Waals surface area contributed by atoms with Crippen molar-refractivity contribution in [3.05, 3.63) is 30.5 Å². The Morgan fingerprint density at radius 3 is 2.82 bits per heavy atom. The number of carbonyl (C=O) groups is 1. The van der Waals surface area contributed by atoms with E-state index in [0.717, 1.165) is 23.6 Å². The second kappa shape index (κ2) is 7.55. The molecule has 4 heterocycles. The number of hydrogen-bond acceptors (Lipinski definition) is 7. The summed E-state index contributed by atoms with van der Waals surface area (Å²) in [6.07, 6.45) is 5.85.